The molecule has 0 atom stereocenters. The number of thiazole rings is 1. The van der Waals surface area contributed by atoms with E-state index in [9.17, 15) is 0 Å². The Morgan fingerprint density at radius 1 is 1.22 bits per heavy atom. The summed E-state index contributed by atoms with van der Waals surface area (Å²) >= 11 is 1.54. The van der Waals surface area contributed by atoms with E-state index in [1.807, 2.05) is 44.4 Å². The minimum absolute atomic E-state index is 0.634. The fraction of sp³-hybridized carbons (Fsp3) is 0.235. The fourth-order valence-electron chi connectivity index (χ4n) is 2.22. The summed E-state index contributed by atoms with van der Waals surface area (Å²) in [5.74, 6) is 1.61. The first-order chi connectivity index (χ1) is 11.2. The smallest absolute Gasteiger partial charge is 0.188 e. The van der Waals surface area contributed by atoms with E-state index >= 15 is 0 Å². The lowest BCUT2D eigenvalue weighted by Gasteiger charge is -2.06. The molecule has 0 saturated carbocycles. The fourth-order valence-corrected chi connectivity index (χ4v) is 2.91. The molecule has 0 saturated heterocycles. The van der Waals surface area contributed by atoms with Gasteiger partial charge in [-0.15, -0.1) is 11.3 Å². The largest absolute Gasteiger partial charge is 0.492 e. The van der Waals surface area contributed by atoms with Crippen LogP contribution >= 0.6 is 11.3 Å². The topological polar surface area (TPSA) is 59.9 Å². The molecule has 0 aliphatic carbocycles. The van der Waals surface area contributed by atoms with E-state index < -0.39 is 0 Å². The summed E-state index contributed by atoms with van der Waals surface area (Å²) in [5, 5.41) is 6.06. The van der Waals surface area contributed by atoms with Crippen LogP contribution in [-0.2, 0) is 0 Å². The summed E-state index contributed by atoms with van der Waals surface area (Å²) in [4.78, 5) is 13.4. The molecule has 5 nitrogen and oxygen atoms in total. The van der Waals surface area contributed by atoms with Crippen LogP contribution in [0, 0.1) is 13.8 Å². The number of hydrogen-bond donors (Lipinski definition) is 1. The Balaban J connectivity index is 1.83. The standard InChI is InChI=1S/C17H18N4OS/c1-4-22-13-8-12(3)15(19-9-13)14-10-23-17(20-14)21-16-11(2)6-5-7-18-16/h5-10H,4H2,1-3H3,(H,18,20,21). The Morgan fingerprint density at radius 2 is 2.09 bits per heavy atom. The normalized spacial score (nSPS) is 10.6. The third kappa shape index (κ3) is 3.48. The number of rotatable bonds is 5. The van der Waals surface area contributed by atoms with Gasteiger partial charge in [-0.25, -0.2) is 9.97 Å². The molecular weight excluding hydrogens is 308 g/mol. The molecule has 3 aromatic rings. The molecule has 0 aliphatic rings. The van der Waals surface area contributed by atoms with E-state index in [0.717, 1.165) is 39.2 Å². The summed E-state index contributed by atoms with van der Waals surface area (Å²) in [6, 6.07) is 5.92. The Morgan fingerprint density at radius 3 is 2.83 bits per heavy atom. The summed E-state index contributed by atoms with van der Waals surface area (Å²) in [6.45, 7) is 6.62. The average Bonchev–Trinajstić information content (AvgIpc) is 2.98. The van der Waals surface area contributed by atoms with Gasteiger partial charge in [-0.1, -0.05) is 6.07 Å². The van der Waals surface area contributed by atoms with Gasteiger partial charge >= 0.3 is 0 Å². The zero-order valence-corrected chi connectivity index (χ0v) is 14.1. The van der Waals surface area contributed by atoms with Crippen molar-refractivity contribution in [3.8, 4) is 17.1 Å². The van der Waals surface area contributed by atoms with Crippen LogP contribution in [-0.4, -0.2) is 21.6 Å². The molecule has 0 amide bonds. The van der Waals surface area contributed by atoms with Gasteiger partial charge in [-0.3, -0.25) is 4.98 Å². The number of aromatic nitrogens is 3. The quantitative estimate of drug-likeness (QED) is 0.755. The number of ether oxygens (including phenoxy) is 1. The van der Waals surface area contributed by atoms with Crippen molar-refractivity contribution in [2.24, 2.45) is 0 Å². The molecular formula is C17H18N4OS. The van der Waals surface area contributed by atoms with Crippen molar-refractivity contribution in [3.63, 3.8) is 0 Å². The van der Waals surface area contributed by atoms with Gasteiger partial charge < -0.3 is 10.1 Å². The lowest BCUT2D eigenvalue weighted by atomic mass is 10.2. The Labute approximate surface area is 139 Å². The highest BCUT2D eigenvalue weighted by atomic mass is 32.1. The van der Waals surface area contributed by atoms with Crippen LogP contribution in [0.2, 0.25) is 0 Å². The molecule has 3 heterocycles. The highest BCUT2D eigenvalue weighted by Gasteiger charge is 2.11. The summed E-state index contributed by atoms with van der Waals surface area (Å²) in [7, 11) is 0. The van der Waals surface area contributed by atoms with Gasteiger partial charge in [0.15, 0.2) is 5.13 Å². The van der Waals surface area contributed by atoms with Crippen molar-refractivity contribution in [3.05, 3.63) is 47.1 Å². The van der Waals surface area contributed by atoms with Crippen molar-refractivity contribution in [1.82, 2.24) is 15.0 Å². The Hall–Kier alpha value is -2.47. The second-order valence-corrected chi connectivity index (χ2v) is 5.96. The van der Waals surface area contributed by atoms with Crippen molar-refractivity contribution >= 4 is 22.3 Å². The Kier molecular flexibility index (Phi) is 4.52. The second-order valence-electron chi connectivity index (χ2n) is 5.10. The molecule has 0 radical (unpaired) electrons. The average molecular weight is 326 g/mol. The molecule has 3 aromatic heterocycles. The van der Waals surface area contributed by atoms with Crippen molar-refractivity contribution < 1.29 is 4.74 Å². The molecule has 0 aliphatic heterocycles. The third-order valence-electron chi connectivity index (χ3n) is 3.35. The minimum Gasteiger partial charge on any atom is -0.492 e. The van der Waals surface area contributed by atoms with E-state index in [2.05, 4.69) is 20.3 Å². The molecule has 1 N–H and O–H groups in total. The van der Waals surface area contributed by atoms with E-state index in [0.29, 0.717) is 6.61 Å². The summed E-state index contributed by atoms with van der Waals surface area (Å²) < 4.78 is 5.47. The first kappa shape index (κ1) is 15.4. The molecule has 118 valence electrons. The molecule has 0 bridgehead atoms. The number of nitrogens with one attached hydrogen (secondary N) is 1. The van der Waals surface area contributed by atoms with Crippen LogP contribution in [0.1, 0.15) is 18.1 Å². The van der Waals surface area contributed by atoms with Gasteiger partial charge in [0.25, 0.3) is 0 Å². The first-order valence-electron chi connectivity index (χ1n) is 7.41. The van der Waals surface area contributed by atoms with Crippen molar-refractivity contribution in [1.29, 1.82) is 0 Å². The highest BCUT2D eigenvalue weighted by Crippen LogP contribution is 2.29. The maximum atomic E-state index is 5.47. The lowest BCUT2D eigenvalue weighted by molar-refractivity contribution is 0.338. The maximum absolute atomic E-state index is 5.47. The highest BCUT2D eigenvalue weighted by molar-refractivity contribution is 7.14. The van der Waals surface area contributed by atoms with Gasteiger partial charge in [0.05, 0.1) is 18.5 Å². The van der Waals surface area contributed by atoms with Crippen LogP contribution in [0.15, 0.2) is 36.0 Å². The van der Waals surface area contributed by atoms with Gasteiger partial charge in [-0.05, 0) is 44.0 Å². The van der Waals surface area contributed by atoms with Crippen LogP contribution in [0.4, 0.5) is 10.9 Å². The molecule has 0 unspecified atom stereocenters. The molecule has 0 fully saturated rings. The zero-order chi connectivity index (χ0) is 16.2. The molecule has 3 rings (SSSR count). The van der Waals surface area contributed by atoms with Crippen molar-refractivity contribution in [2.45, 2.75) is 20.8 Å². The molecule has 23 heavy (non-hydrogen) atoms. The van der Waals surface area contributed by atoms with E-state index in [-0.39, 0.29) is 0 Å². The van der Waals surface area contributed by atoms with Gasteiger partial charge in [0.2, 0.25) is 0 Å². The molecule has 0 spiro atoms. The third-order valence-corrected chi connectivity index (χ3v) is 4.10. The Bertz CT molecular complexity index is 816. The summed E-state index contributed by atoms with van der Waals surface area (Å²) in [5.41, 5.74) is 3.85. The van der Waals surface area contributed by atoms with Crippen LogP contribution in [0.5, 0.6) is 5.75 Å². The second kappa shape index (κ2) is 6.75. The number of aryl methyl sites for hydroxylation is 2. The van der Waals surface area contributed by atoms with Gasteiger partial charge in [0.1, 0.15) is 17.3 Å². The number of hydrogen-bond acceptors (Lipinski definition) is 6. The number of nitrogens with zero attached hydrogens (tertiary/aromatic N) is 3. The minimum atomic E-state index is 0.634. The summed E-state index contributed by atoms with van der Waals surface area (Å²) in [6.07, 6.45) is 3.50. The van der Waals surface area contributed by atoms with E-state index in [1.54, 1.807) is 12.4 Å². The lowest BCUT2D eigenvalue weighted by Crippen LogP contribution is -1.97. The van der Waals surface area contributed by atoms with Gasteiger partial charge in [0, 0.05) is 11.6 Å². The molecule has 0 aromatic carbocycles. The number of pyridine rings is 2. The van der Waals surface area contributed by atoms with Crippen LogP contribution < -0.4 is 10.1 Å². The monoisotopic (exact) mass is 326 g/mol. The predicted molar refractivity (Wildman–Crippen MR) is 93.5 cm³/mol. The first-order valence-corrected chi connectivity index (χ1v) is 8.29. The van der Waals surface area contributed by atoms with Crippen LogP contribution in [0.25, 0.3) is 11.4 Å². The zero-order valence-electron chi connectivity index (χ0n) is 13.3. The van der Waals surface area contributed by atoms with Crippen molar-refractivity contribution in [2.75, 3.05) is 11.9 Å². The molecule has 6 heteroatoms. The van der Waals surface area contributed by atoms with Crippen LogP contribution in [0.3, 0.4) is 0 Å². The predicted octanol–water partition coefficient (Wildman–Crippen LogP) is 4.36. The number of anilines is 2. The maximum Gasteiger partial charge on any atom is 0.188 e. The van der Waals surface area contributed by atoms with Gasteiger partial charge in [-0.2, -0.15) is 0 Å². The van der Waals surface area contributed by atoms with E-state index in [1.165, 1.54) is 11.3 Å². The van der Waals surface area contributed by atoms with E-state index in [4.69, 9.17) is 4.74 Å². The SMILES string of the molecule is CCOc1cnc(-c2csc(Nc3ncccc3C)n2)c(C)c1.